The van der Waals surface area contributed by atoms with Gasteiger partial charge in [0.2, 0.25) is 0 Å². The average Bonchev–Trinajstić information content (AvgIpc) is 2.24. The molecule has 0 fully saturated rings. The van der Waals surface area contributed by atoms with Crippen LogP contribution < -0.4 is 0 Å². The van der Waals surface area contributed by atoms with Crippen molar-refractivity contribution in [2.24, 2.45) is 0 Å². The van der Waals surface area contributed by atoms with Gasteiger partial charge in [0.05, 0.1) is 17.7 Å². The van der Waals surface area contributed by atoms with Crippen LogP contribution in [0.4, 0.5) is 0 Å². The van der Waals surface area contributed by atoms with Gasteiger partial charge in [-0.2, -0.15) is 0 Å². The summed E-state index contributed by atoms with van der Waals surface area (Å²) in [4.78, 5) is 15.4. The van der Waals surface area contributed by atoms with E-state index in [1.165, 1.54) is 13.3 Å². The van der Waals surface area contributed by atoms with Crippen molar-refractivity contribution < 1.29 is 9.53 Å². The van der Waals surface area contributed by atoms with Gasteiger partial charge in [-0.1, -0.05) is 37.2 Å². The van der Waals surface area contributed by atoms with Gasteiger partial charge in [0.1, 0.15) is 13.8 Å². The maximum Gasteiger partial charge on any atom is 0.340 e. The molecule has 0 saturated heterocycles. The van der Waals surface area contributed by atoms with Gasteiger partial charge in [0.15, 0.2) is 0 Å². The molecule has 5 heteroatoms. The maximum atomic E-state index is 11.3. The maximum absolute atomic E-state index is 11.3. The number of nitrogens with zero attached hydrogens (tertiary/aromatic N) is 1. The van der Waals surface area contributed by atoms with Gasteiger partial charge in [-0.25, -0.2) is 9.78 Å². The van der Waals surface area contributed by atoms with Crippen LogP contribution in [0.2, 0.25) is 24.7 Å². The molecule has 0 N–H and O–H groups in total. The number of carbonyl (C=O) groups excluding carboxylic acids is 1. The van der Waals surface area contributed by atoms with E-state index in [-0.39, 0.29) is 5.56 Å². The second kappa shape index (κ2) is 5.35. The van der Waals surface area contributed by atoms with E-state index in [1.54, 1.807) is 6.07 Å². The fourth-order valence-electron chi connectivity index (χ4n) is 1.01. The number of carbonyl (C=O) groups is 1. The Hall–Kier alpha value is -1.31. The quantitative estimate of drug-likeness (QED) is 0.446. The number of rotatable bonds is 1. The van der Waals surface area contributed by atoms with Crippen molar-refractivity contribution in [1.29, 1.82) is 0 Å². The highest BCUT2D eigenvalue weighted by atomic mass is 35.5. The average molecular weight is 268 g/mol. The number of esters is 1. The molecule has 90 valence electrons. The van der Waals surface area contributed by atoms with Gasteiger partial charge in [-0.15, -0.1) is 5.54 Å². The third-order valence-corrected chi connectivity index (χ3v) is 3.01. The molecule has 0 spiro atoms. The van der Waals surface area contributed by atoms with Gasteiger partial charge in [-0.3, -0.25) is 0 Å². The van der Waals surface area contributed by atoms with Crippen molar-refractivity contribution in [3.63, 3.8) is 0 Å². The molecule has 1 aromatic rings. The SMILES string of the molecule is COC(=O)c1cnc(C#C[Si](C)(C)C)cc1Cl. The molecule has 0 aliphatic carbocycles. The molecule has 0 saturated carbocycles. The van der Waals surface area contributed by atoms with Crippen LogP contribution in [0.15, 0.2) is 12.3 Å². The van der Waals surface area contributed by atoms with Crippen molar-refractivity contribution in [2.45, 2.75) is 19.6 Å². The highest BCUT2D eigenvalue weighted by Gasteiger charge is 2.12. The van der Waals surface area contributed by atoms with Gasteiger partial charge in [-0.05, 0) is 6.07 Å². The first-order chi connectivity index (χ1) is 7.83. The normalized spacial score (nSPS) is 10.4. The lowest BCUT2D eigenvalue weighted by Gasteiger charge is -2.04. The number of hydrogen-bond donors (Lipinski definition) is 0. The smallest absolute Gasteiger partial charge is 0.340 e. The molecule has 1 aromatic heterocycles. The predicted molar refractivity (Wildman–Crippen MR) is 70.8 cm³/mol. The molecule has 0 aliphatic rings. The number of ether oxygens (including phenoxy) is 1. The summed E-state index contributed by atoms with van der Waals surface area (Å²) < 4.78 is 4.58. The Morgan fingerprint density at radius 1 is 1.47 bits per heavy atom. The number of halogens is 1. The van der Waals surface area contributed by atoms with Crippen molar-refractivity contribution in [3.8, 4) is 11.5 Å². The Labute approximate surface area is 107 Å². The van der Waals surface area contributed by atoms with Crippen LogP contribution in [-0.4, -0.2) is 26.1 Å². The van der Waals surface area contributed by atoms with Crippen LogP contribution in [-0.2, 0) is 4.74 Å². The van der Waals surface area contributed by atoms with Crippen LogP contribution in [0.3, 0.4) is 0 Å². The van der Waals surface area contributed by atoms with Gasteiger partial charge in [0.25, 0.3) is 0 Å². The zero-order valence-electron chi connectivity index (χ0n) is 10.3. The lowest BCUT2D eigenvalue weighted by molar-refractivity contribution is 0.0600. The Morgan fingerprint density at radius 2 is 2.12 bits per heavy atom. The van der Waals surface area contributed by atoms with Crippen LogP contribution in [0.25, 0.3) is 0 Å². The first kappa shape index (κ1) is 13.8. The van der Waals surface area contributed by atoms with Crippen molar-refractivity contribution in [1.82, 2.24) is 4.98 Å². The van der Waals surface area contributed by atoms with E-state index < -0.39 is 14.0 Å². The summed E-state index contributed by atoms with van der Waals surface area (Å²) in [5.74, 6) is 2.48. The minimum absolute atomic E-state index is 0.257. The van der Waals surface area contributed by atoms with E-state index in [4.69, 9.17) is 11.6 Å². The number of pyridine rings is 1. The fraction of sp³-hybridized carbons (Fsp3) is 0.333. The van der Waals surface area contributed by atoms with E-state index >= 15 is 0 Å². The lowest BCUT2D eigenvalue weighted by atomic mass is 10.2. The van der Waals surface area contributed by atoms with Crippen LogP contribution in [0.1, 0.15) is 16.1 Å². The van der Waals surface area contributed by atoms with Crippen LogP contribution in [0.5, 0.6) is 0 Å². The molecule has 0 bridgehead atoms. The second-order valence-electron chi connectivity index (χ2n) is 4.54. The van der Waals surface area contributed by atoms with Crippen molar-refractivity contribution in [2.75, 3.05) is 7.11 Å². The molecule has 0 radical (unpaired) electrons. The summed E-state index contributed by atoms with van der Waals surface area (Å²) >= 11 is 5.96. The number of aromatic nitrogens is 1. The Kier molecular flexibility index (Phi) is 4.32. The summed E-state index contributed by atoms with van der Waals surface area (Å²) in [5.41, 5.74) is 4.01. The zero-order valence-corrected chi connectivity index (χ0v) is 12.1. The van der Waals surface area contributed by atoms with E-state index in [2.05, 4.69) is 40.8 Å². The molecule has 0 atom stereocenters. The minimum atomic E-state index is -1.44. The second-order valence-corrected chi connectivity index (χ2v) is 9.70. The zero-order chi connectivity index (χ0) is 13.1. The molecule has 0 amide bonds. The number of methoxy groups -OCH3 is 1. The molecule has 1 rings (SSSR count). The summed E-state index contributed by atoms with van der Waals surface area (Å²) in [6, 6.07) is 1.58. The van der Waals surface area contributed by atoms with Crippen molar-refractivity contribution in [3.05, 3.63) is 28.5 Å². The fourth-order valence-corrected chi connectivity index (χ4v) is 1.74. The minimum Gasteiger partial charge on any atom is -0.465 e. The third-order valence-electron chi connectivity index (χ3n) is 1.82. The van der Waals surface area contributed by atoms with E-state index in [0.29, 0.717) is 10.7 Å². The van der Waals surface area contributed by atoms with Crippen LogP contribution >= 0.6 is 11.6 Å². The largest absolute Gasteiger partial charge is 0.465 e. The summed E-state index contributed by atoms with van der Waals surface area (Å²) in [6.07, 6.45) is 1.39. The van der Waals surface area contributed by atoms with Crippen LogP contribution in [0, 0.1) is 11.5 Å². The van der Waals surface area contributed by atoms with Gasteiger partial charge in [0, 0.05) is 6.20 Å². The number of hydrogen-bond acceptors (Lipinski definition) is 3. The molecule has 3 nitrogen and oxygen atoms in total. The summed E-state index contributed by atoms with van der Waals surface area (Å²) in [6.45, 7) is 6.43. The Balaban J connectivity index is 3.04. The molecule has 1 heterocycles. The predicted octanol–water partition coefficient (Wildman–Crippen LogP) is 2.75. The molecule has 0 aromatic carbocycles. The highest BCUT2D eigenvalue weighted by molar-refractivity contribution is 6.83. The first-order valence-electron chi connectivity index (χ1n) is 5.10. The van der Waals surface area contributed by atoms with Gasteiger partial charge >= 0.3 is 5.97 Å². The van der Waals surface area contributed by atoms with E-state index in [0.717, 1.165) is 0 Å². The highest BCUT2D eigenvalue weighted by Crippen LogP contribution is 2.16. The summed E-state index contributed by atoms with van der Waals surface area (Å²) in [5, 5.41) is 0.312. The molecular formula is C12H14ClNO2Si. The van der Waals surface area contributed by atoms with E-state index in [9.17, 15) is 4.79 Å². The topological polar surface area (TPSA) is 39.2 Å². The molecule has 17 heavy (non-hydrogen) atoms. The summed E-state index contributed by atoms with van der Waals surface area (Å²) in [7, 11) is -0.132. The third kappa shape index (κ3) is 4.21. The monoisotopic (exact) mass is 267 g/mol. The first-order valence-corrected chi connectivity index (χ1v) is 8.98. The molecule has 0 aliphatic heterocycles. The molecule has 0 unspecified atom stereocenters. The molecular weight excluding hydrogens is 254 g/mol. The lowest BCUT2D eigenvalue weighted by Crippen LogP contribution is -2.16. The van der Waals surface area contributed by atoms with Crippen molar-refractivity contribution >= 4 is 25.6 Å². The van der Waals surface area contributed by atoms with E-state index in [1.807, 2.05) is 0 Å². The Morgan fingerprint density at radius 3 is 2.59 bits per heavy atom. The Bertz CT molecular complexity index is 497. The van der Waals surface area contributed by atoms with Gasteiger partial charge < -0.3 is 4.74 Å². The standard InChI is InChI=1S/C12H14ClNO2Si/c1-16-12(15)10-8-14-9(7-11(10)13)5-6-17(2,3)4/h7-8H,1-4H3.